The van der Waals surface area contributed by atoms with E-state index in [1.807, 2.05) is 35.5 Å². The molecule has 0 saturated heterocycles. The molecule has 16 heteroatoms. The van der Waals surface area contributed by atoms with Crippen molar-refractivity contribution in [2.75, 3.05) is 18.0 Å². The van der Waals surface area contributed by atoms with Crippen LogP contribution in [0.5, 0.6) is 5.75 Å². The minimum Gasteiger partial charge on any atom is -0.870 e. The van der Waals surface area contributed by atoms with E-state index >= 15 is 0 Å². The van der Waals surface area contributed by atoms with Gasteiger partial charge in [-0.3, -0.25) is 13.7 Å². The summed E-state index contributed by atoms with van der Waals surface area (Å²) in [5, 5.41) is 10.2. The lowest BCUT2D eigenvalue weighted by Crippen LogP contribution is -2.23. The summed E-state index contributed by atoms with van der Waals surface area (Å²) in [5.74, 6) is -0.359. The molecule has 4 aromatic rings. The third-order valence-electron chi connectivity index (χ3n) is 8.50. The van der Waals surface area contributed by atoms with Crippen LogP contribution in [-0.2, 0) is 43.4 Å². The molecular weight excluding hydrogens is 745 g/mol. The van der Waals surface area contributed by atoms with E-state index in [1.165, 1.54) is 36.4 Å². The van der Waals surface area contributed by atoms with E-state index in [0.29, 0.717) is 53.2 Å². The number of allylic oxidation sites excluding steroid dienone is 5. The Kier molecular flexibility index (Phi) is 12.6. The van der Waals surface area contributed by atoms with Gasteiger partial charge in [0, 0.05) is 48.1 Å². The summed E-state index contributed by atoms with van der Waals surface area (Å²) in [4.78, 5) is 0.997. The molecule has 0 atom stereocenters. The molecule has 0 fully saturated rings. The molecule has 53 heavy (non-hydrogen) atoms. The van der Waals surface area contributed by atoms with Crippen LogP contribution < -0.4 is 4.90 Å². The van der Waals surface area contributed by atoms with Gasteiger partial charge in [0.2, 0.25) is 0 Å². The Morgan fingerprint density at radius 1 is 0.698 bits per heavy atom. The zero-order valence-electron chi connectivity index (χ0n) is 28.6. The predicted molar refractivity (Wildman–Crippen MR) is 199 cm³/mol. The molecule has 4 aromatic carbocycles. The van der Waals surface area contributed by atoms with Crippen LogP contribution in [0.1, 0.15) is 36.1 Å². The summed E-state index contributed by atoms with van der Waals surface area (Å²) in [6, 6.07) is 22.9. The molecule has 13 nitrogen and oxygen atoms in total. The number of phenolic OH excluding ortho intramolecular Hbond substituents is 1. The number of aromatic hydroxyl groups is 1. The molecule has 0 aromatic heterocycles. The van der Waals surface area contributed by atoms with Crippen molar-refractivity contribution in [1.29, 1.82) is 0 Å². The number of hydrogen-bond donors (Lipinski definition) is 4. The van der Waals surface area contributed by atoms with E-state index in [2.05, 4.69) is 0 Å². The lowest BCUT2D eigenvalue weighted by atomic mass is 9.90. The van der Waals surface area contributed by atoms with Crippen molar-refractivity contribution in [2.45, 2.75) is 41.6 Å². The van der Waals surface area contributed by atoms with E-state index in [1.54, 1.807) is 60.7 Å². The van der Waals surface area contributed by atoms with Gasteiger partial charge in [-0.2, -0.15) is 25.3 Å². The molecular formula is C37H38N2O11S3. The maximum Gasteiger partial charge on any atom is 0.295 e. The van der Waals surface area contributed by atoms with Crippen molar-refractivity contribution in [1.82, 2.24) is 0 Å². The molecule has 0 bridgehead atoms. The Bertz CT molecular complexity index is 2450. The smallest absolute Gasteiger partial charge is 0.295 e. The molecule has 1 aliphatic carbocycles. The monoisotopic (exact) mass is 782 g/mol. The largest absolute Gasteiger partial charge is 0.870 e. The predicted octanol–water partition coefficient (Wildman–Crippen LogP) is 5.58. The van der Waals surface area contributed by atoms with E-state index < -0.39 is 35.2 Å². The highest BCUT2D eigenvalue weighted by Gasteiger charge is 2.24. The number of nitrogens with zero attached hydrogens (tertiary/aromatic N) is 2. The van der Waals surface area contributed by atoms with Crippen molar-refractivity contribution in [3.63, 3.8) is 0 Å². The van der Waals surface area contributed by atoms with Crippen LogP contribution in [0, 0.1) is 0 Å². The lowest BCUT2D eigenvalue weighted by molar-refractivity contribution is -0.539. The van der Waals surface area contributed by atoms with Gasteiger partial charge in [-0.05, 0) is 90.7 Å². The molecule has 0 aliphatic heterocycles. The highest BCUT2D eigenvalue weighted by atomic mass is 32.2. The molecule has 0 saturated carbocycles. The molecule has 0 spiro atoms. The number of anilines is 1. The highest BCUT2D eigenvalue weighted by molar-refractivity contribution is 7.86. The van der Waals surface area contributed by atoms with Crippen LogP contribution in [-0.4, -0.2) is 72.9 Å². The summed E-state index contributed by atoms with van der Waals surface area (Å²) < 4.78 is 104. The zero-order valence-corrected chi connectivity index (χ0v) is 31.1. The van der Waals surface area contributed by atoms with Crippen LogP contribution in [0.15, 0.2) is 136 Å². The number of rotatable bonds is 12. The summed E-state index contributed by atoms with van der Waals surface area (Å²) in [6.45, 7) is 5.34. The van der Waals surface area contributed by atoms with Gasteiger partial charge < -0.3 is 15.5 Å². The average Bonchev–Trinajstić information content (AvgIpc) is 3.10. The third kappa shape index (κ3) is 9.74. The number of phenols is 1. The molecule has 0 amide bonds. The van der Waals surface area contributed by atoms with Crippen molar-refractivity contribution < 1.29 is 54.1 Å². The van der Waals surface area contributed by atoms with E-state index in [0.717, 1.165) is 11.8 Å². The lowest BCUT2D eigenvalue weighted by Gasteiger charge is -2.25. The first kappa shape index (κ1) is 40.8. The second kappa shape index (κ2) is 16.4. The first-order valence-electron chi connectivity index (χ1n) is 16.0. The maximum absolute atomic E-state index is 12.6. The first-order valence-corrected chi connectivity index (χ1v) is 20.3. The van der Waals surface area contributed by atoms with Gasteiger partial charge in [-0.1, -0.05) is 42.5 Å². The number of hydrogen-bond acceptors (Lipinski definition) is 9. The van der Waals surface area contributed by atoms with Crippen LogP contribution in [0.25, 0.3) is 5.57 Å². The SMILES string of the molecule is CCN(Cc1ccccc1S(=O)(=O)O)c1ccc(C(=C2C=CC(=[N+](CC)Cc3cccc(S(=O)(=O)O)c3)C=C2)c2ccc(O)cc2S(=O)(=O)O)cc1.[OH-]. The normalized spacial score (nSPS) is 13.1. The van der Waals surface area contributed by atoms with Crippen LogP contribution >= 0.6 is 0 Å². The van der Waals surface area contributed by atoms with Gasteiger partial charge in [0.15, 0.2) is 12.3 Å². The van der Waals surface area contributed by atoms with Gasteiger partial charge in [0.1, 0.15) is 17.2 Å². The van der Waals surface area contributed by atoms with Crippen LogP contribution in [0.4, 0.5) is 5.69 Å². The topological polar surface area (TPSA) is 220 Å². The Hall–Kier alpha value is -4.94. The quantitative estimate of drug-likeness (QED) is 0.102. The fraction of sp³-hybridized carbons (Fsp3) is 0.162. The minimum atomic E-state index is -4.79. The van der Waals surface area contributed by atoms with E-state index in [4.69, 9.17) is 0 Å². The molecule has 0 radical (unpaired) electrons. The van der Waals surface area contributed by atoms with Crippen LogP contribution in [0.2, 0.25) is 0 Å². The van der Waals surface area contributed by atoms with Gasteiger partial charge in [0.05, 0.1) is 9.79 Å². The fourth-order valence-electron chi connectivity index (χ4n) is 5.97. The van der Waals surface area contributed by atoms with Crippen molar-refractivity contribution in [3.8, 4) is 5.75 Å². The third-order valence-corrected chi connectivity index (χ3v) is 11.2. The molecule has 0 unspecified atom stereocenters. The van der Waals surface area contributed by atoms with Crippen molar-refractivity contribution in [3.05, 3.63) is 143 Å². The Morgan fingerprint density at radius 3 is 1.92 bits per heavy atom. The van der Waals surface area contributed by atoms with Gasteiger partial charge in [0.25, 0.3) is 30.4 Å². The van der Waals surface area contributed by atoms with E-state index in [-0.39, 0.29) is 33.1 Å². The van der Waals surface area contributed by atoms with Crippen molar-refractivity contribution in [2.24, 2.45) is 0 Å². The molecule has 280 valence electrons. The Balaban J connectivity index is 0.00000627. The Labute approximate surface area is 308 Å². The summed E-state index contributed by atoms with van der Waals surface area (Å²) in [5.41, 5.74) is 4.22. The first-order chi connectivity index (χ1) is 24.5. The van der Waals surface area contributed by atoms with E-state index in [9.17, 15) is 44.0 Å². The molecule has 5 N–H and O–H groups in total. The van der Waals surface area contributed by atoms with Gasteiger partial charge in [-0.15, -0.1) is 0 Å². The Morgan fingerprint density at radius 2 is 1.34 bits per heavy atom. The standard InChI is InChI=1S/C37H36N2O10S3.H2O/c1-3-38(24-26-8-7-10-33(22-26)50(41,42)43)30-16-12-27(13-17-30)37(34-21-20-32(40)23-36(34)52(47,48)49)28-14-18-31(19-15-28)39(4-2)25-29-9-5-6-11-35(29)51(44,45)46;/h5-23H,3-4,24-25H2,1-2H3,(H3,41,42,43,44,45,46,47,48,49);1H2. The maximum atomic E-state index is 12.6. The highest BCUT2D eigenvalue weighted by Crippen LogP contribution is 2.36. The fourth-order valence-corrected chi connectivity index (χ4v) is 7.96. The molecule has 0 heterocycles. The summed E-state index contributed by atoms with van der Waals surface area (Å²) >= 11 is 0. The second-order valence-corrected chi connectivity index (χ2v) is 16.1. The summed E-state index contributed by atoms with van der Waals surface area (Å²) in [7, 11) is -13.6. The van der Waals surface area contributed by atoms with Crippen molar-refractivity contribution >= 4 is 47.3 Å². The van der Waals surface area contributed by atoms with Crippen LogP contribution in [0.3, 0.4) is 0 Å². The molecule has 1 aliphatic rings. The average molecular weight is 783 g/mol. The minimum absolute atomic E-state index is 0. The zero-order chi connectivity index (χ0) is 37.8. The summed E-state index contributed by atoms with van der Waals surface area (Å²) in [6.07, 6.45) is 7.19. The molecule has 5 rings (SSSR count). The second-order valence-electron chi connectivity index (χ2n) is 11.9. The van der Waals surface area contributed by atoms with Gasteiger partial charge in [-0.25, -0.2) is 4.58 Å². The van der Waals surface area contributed by atoms with Gasteiger partial charge >= 0.3 is 0 Å². The number of benzene rings is 4.